The number of hydrogen-bond acceptors (Lipinski definition) is 5. The number of amides is 1. The molecule has 2 N–H and O–H groups in total. The van der Waals surface area contributed by atoms with E-state index in [-0.39, 0.29) is 17.3 Å². The van der Waals surface area contributed by atoms with Crippen LogP contribution >= 0.6 is 22.9 Å². The molecule has 0 fully saturated rings. The molecule has 0 unspecified atom stereocenters. The van der Waals surface area contributed by atoms with Gasteiger partial charge in [0.15, 0.2) is 0 Å². The second-order valence-corrected chi connectivity index (χ2v) is 5.89. The summed E-state index contributed by atoms with van der Waals surface area (Å²) in [4.78, 5) is 25.1. The number of aromatic amines is 1. The minimum atomic E-state index is -0.454. The molecular formula is C13H14ClN3O3S. The summed E-state index contributed by atoms with van der Waals surface area (Å²) in [7, 11) is 0. The van der Waals surface area contributed by atoms with E-state index in [0.29, 0.717) is 10.6 Å². The second-order valence-electron chi connectivity index (χ2n) is 4.25. The number of nitrogens with one attached hydrogen (secondary N) is 2. The van der Waals surface area contributed by atoms with E-state index in [1.165, 1.54) is 17.5 Å². The predicted octanol–water partition coefficient (Wildman–Crippen LogP) is 3.17. The first-order valence-electron chi connectivity index (χ1n) is 6.23. The summed E-state index contributed by atoms with van der Waals surface area (Å²) in [6.45, 7) is 5.69. The molecular weight excluding hydrogens is 314 g/mol. The zero-order chi connectivity index (χ0) is 15.6. The van der Waals surface area contributed by atoms with Crippen LogP contribution in [0.3, 0.4) is 0 Å². The summed E-state index contributed by atoms with van der Waals surface area (Å²) < 4.78 is 5.03. The predicted molar refractivity (Wildman–Crippen MR) is 81.3 cm³/mol. The molecule has 0 atom stereocenters. The van der Waals surface area contributed by atoms with Crippen molar-refractivity contribution in [2.24, 2.45) is 0 Å². The zero-order valence-corrected chi connectivity index (χ0v) is 13.3. The minimum absolute atomic E-state index is 0.148. The fourth-order valence-corrected chi connectivity index (χ4v) is 2.98. The molecule has 6 nitrogen and oxygen atoms in total. The molecule has 0 bridgehead atoms. The van der Waals surface area contributed by atoms with Gasteiger partial charge >= 0.3 is 5.97 Å². The van der Waals surface area contributed by atoms with Gasteiger partial charge in [0.05, 0.1) is 23.4 Å². The maximum atomic E-state index is 12.1. The van der Waals surface area contributed by atoms with E-state index in [0.717, 1.165) is 10.4 Å². The molecule has 21 heavy (non-hydrogen) atoms. The zero-order valence-electron chi connectivity index (χ0n) is 11.7. The van der Waals surface area contributed by atoms with Gasteiger partial charge in [0, 0.05) is 4.88 Å². The number of ether oxygens (including phenoxy) is 1. The average Bonchev–Trinajstić information content (AvgIpc) is 2.95. The van der Waals surface area contributed by atoms with Crippen molar-refractivity contribution in [2.45, 2.75) is 20.8 Å². The third-order valence-corrected chi connectivity index (χ3v) is 4.32. The molecule has 2 heterocycles. The lowest BCUT2D eigenvalue weighted by Crippen LogP contribution is -2.15. The Morgan fingerprint density at radius 2 is 2.19 bits per heavy atom. The Morgan fingerprint density at radius 1 is 1.48 bits per heavy atom. The number of nitrogens with zero attached hydrogens (tertiary/aromatic N) is 1. The van der Waals surface area contributed by atoms with Crippen molar-refractivity contribution in [2.75, 3.05) is 11.9 Å². The van der Waals surface area contributed by atoms with Gasteiger partial charge in [-0.25, -0.2) is 4.79 Å². The number of carbonyl (C=O) groups excluding carboxylic acids is 2. The summed E-state index contributed by atoms with van der Waals surface area (Å²) in [6, 6.07) is 0. The molecule has 0 radical (unpaired) electrons. The molecule has 0 aliphatic heterocycles. The van der Waals surface area contributed by atoms with Crippen LogP contribution in [-0.2, 0) is 4.74 Å². The van der Waals surface area contributed by atoms with Crippen LogP contribution in [0.2, 0.25) is 5.02 Å². The highest BCUT2D eigenvalue weighted by Crippen LogP contribution is 2.33. The van der Waals surface area contributed by atoms with E-state index in [4.69, 9.17) is 16.3 Å². The molecule has 2 aromatic rings. The molecule has 0 spiro atoms. The Kier molecular flexibility index (Phi) is 4.64. The lowest BCUT2D eigenvalue weighted by molar-refractivity contribution is 0.0527. The van der Waals surface area contributed by atoms with Crippen LogP contribution in [0.15, 0.2) is 6.20 Å². The number of rotatable bonds is 4. The number of aryl methyl sites for hydroxylation is 1. The van der Waals surface area contributed by atoms with Gasteiger partial charge in [-0.05, 0) is 26.3 Å². The fraction of sp³-hybridized carbons (Fsp3) is 0.308. The van der Waals surface area contributed by atoms with Crippen LogP contribution < -0.4 is 5.32 Å². The normalized spacial score (nSPS) is 10.5. The Labute approximate surface area is 130 Å². The van der Waals surface area contributed by atoms with Crippen molar-refractivity contribution < 1.29 is 14.3 Å². The number of halogens is 1. The van der Waals surface area contributed by atoms with Crippen LogP contribution in [0.4, 0.5) is 5.00 Å². The number of hydrogen-bond donors (Lipinski definition) is 2. The van der Waals surface area contributed by atoms with Gasteiger partial charge in [0.25, 0.3) is 5.91 Å². The standard InChI is InChI=1S/C13H14ClN3O3S/c1-4-20-13(19)9-6(2)7(3)21-12(9)16-11(18)10-8(14)5-15-17-10/h5H,4H2,1-3H3,(H,15,17)(H,16,18). The van der Waals surface area contributed by atoms with E-state index in [1.807, 2.05) is 13.8 Å². The molecule has 0 saturated carbocycles. The number of H-pyrrole nitrogens is 1. The molecule has 0 aliphatic rings. The smallest absolute Gasteiger partial charge is 0.341 e. The number of aromatic nitrogens is 2. The van der Waals surface area contributed by atoms with Gasteiger partial charge < -0.3 is 10.1 Å². The molecule has 112 valence electrons. The Morgan fingerprint density at radius 3 is 2.76 bits per heavy atom. The van der Waals surface area contributed by atoms with E-state index >= 15 is 0 Å². The fourth-order valence-electron chi connectivity index (χ4n) is 1.76. The molecule has 1 amide bonds. The molecule has 2 rings (SSSR count). The average molecular weight is 328 g/mol. The quantitative estimate of drug-likeness (QED) is 0.845. The van der Waals surface area contributed by atoms with E-state index in [1.54, 1.807) is 6.92 Å². The van der Waals surface area contributed by atoms with Crippen molar-refractivity contribution >= 4 is 39.8 Å². The molecule has 0 aliphatic carbocycles. The Bertz CT molecular complexity index is 693. The molecule has 0 aromatic carbocycles. The maximum Gasteiger partial charge on any atom is 0.341 e. The van der Waals surface area contributed by atoms with E-state index in [2.05, 4.69) is 15.5 Å². The minimum Gasteiger partial charge on any atom is -0.462 e. The van der Waals surface area contributed by atoms with Crippen LogP contribution in [0.5, 0.6) is 0 Å². The first-order chi connectivity index (χ1) is 9.95. The van der Waals surface area contributed by atoms with Gasteiger partial charge in [-0.1, -0.05) is 11.6 Å². The number of thiophene rings is 1. The summed E-state index contributed by atoms with van der Waals surface area (Å²) >= 11 is 7.16. The molecule has 8 heteroatoms. The highest BCUT2D eigenvalue weighted by molar-refractivity contribution is 7.16. The SMILES string of the molecule is CCOC(=O)c1c(NC(=O)c2[nH]ncc2Cl)sc(C)c1C. The first kappa shape index (κ1) is 15.5. The number of esters is 1. The lowest BCUT2D eigenvalue weighted by Gasteiger charge is -2.06. The topological polar surface area (TPSA) is 84.1 Å². The summed E-state index contributed by atoms with van der Waals surface area (Å²) in [5, 5.41) is 9.54. The van der Waals surface area contributed by atoms with Gasteiger partial charge in [-0.15, -0.1) is 11.3 Å². The Balaban J connectivity index is 2.32. The molecule has 0 saturated heterocycles. The third kappa shape index (κ3) is 3.08. The second kappa shape index (κ2) is 6.28. The van der Waals surface area contributed by atoms with Crippen LogP contribution in [-0.4, -0.2) is 28.7 Å². The monoisotopic (exact) mass is 327 g/mol. The van der Waals surface area contributed by atoms with Crippen molar-refractivity contribution in [3.05, 3.63) is 32.9 Å². The highest BCUT2D eigenvalue weighted by atomic mass is 35.5. The van der Waals surface area contributed by atoms with Crippen molar-refractivity contribution in [3.63, 3.8) is 0 Å². The van der Waals surface area contributed by atoms with Crippen LogP contribution in [0.1, 0.15) is 38.2 Å². The first-order valence-corrected chi connectivity index (χ1v) is 7.42. The lowest BCUT2D eigenvalue weighted by atomic mass is 10.1. The summed E-state index contributed by atoms with van der Waals surface area (Å²) in [5.41, 5.74) is 1.32. The van der Waals surface area contributed by atoms with Gasteiger partial charge in [0.2, 0.25) is 0 Å². The summed E-state index contributed by atoms with van der Waals surface area (Å²) in [6.07, 6.45) is 1.34. The highest BCUT2D eigenvalue weighted by Gasteiger charge is 2.23. The van der Waals surface area contributed by atoms with Gasteiger partial charge in [0.1, 0.15) is 10.7 Å². The van der Waals surface area contributed by atoms with Gasteiger partial charge in [-0.3, -0.25) is 9.89 Å². The number of anilines is 1. The van der Waals surface area contributed by atoms with Gasteiger partial charge in [-0.2, -0.15) is 5.10 Å². The number of carbonyl (C=O) groups is 2. The molecule has 2 aromatic heterocycles. The summed E-state index contributed by atoms with van der Waals surface area (Å²) in [5.74, 6) is -0.908. The van der Waals surface area contributed by atoms with Crippen molar-refractivity contribution in [3.8, 4) is 0 Å². The maximum absolute atomic E-state index is 12.1. The van der Waals surface area contributed by atoms with Crippen LogP contribution in [0.25, 0.3) is 0 Å². The van der Waals surface area contributed by atoms with Crippen molar-refractivity contribution in [1.29, 1.82) is 0 Å². The van der Waals surface area contributed by atoms with E-state index < -0.39 is 11.9 Å². The Hall–Kier alpha value is -1.86. The van der Waals surface area contributed by atoms with Crippen LogP contribution in [0, 0.1) is 13.8 Å². The largest absolute Gasteiger partial charge is 0.462 e. The van der Waals surface area contributed by atoms with E-state index in [9.17, 15) is 9.59 Å². The van der Waals surface area contributed by atoms with Crippen molar-refractivity contribution in [1.82, 2.24) is 10.2 Å². The third-order valence-electron chi connectivity index (χ3n) is 2.91.